The number of fused-ring (bicyclic) bond motifs is 1. The van der Waals surface area contributed by atoms with E-state index in [1.807, 2.05) is 37.3 Å². The number of nitrogens with one attached hydrogen (secondary N) is 2. The lowest BCUT2D eigenvalue weighted by molar-refractivity contribution is -0.384. The monoisotopic (exact) mass is 430 g/mol. The summed E-state index contributed by atoms with van der Waals surface area (Å²) in [4.78, 5) is 48.9. The SMILES string of the molecule is Cc1ccc(Nc2ccccc2NC(=O)CN2C(=O)c3ccc([N+](=O)[O-])cc3C2=O)cc1. The molecule has 3 aromatic carbocycles. The molecule has 0 spiro atoms. The van der Waals surface area contributed by atoms with Gasteiger partial charge in [0, 0.05) is 17.8 Å². The van der Waals surface area contributed by atoms with Crippen molar-refractivity contribution >= 4 is 40.5 Å². The summed E-state index contributed by atoms with van der Waals surface area (Å²) in [5, 5.41) is 16.9. The molecule has 1 aliphatic heterocycles. The van der Waals surface area contributed by atoms with E-state index in [1.54, 1.807) is 18.2 Å². The average molecular weight is 430 g/mol. The van der Waals surface area contributed by atoms with Crippen molar-refractivity contribution in [2.45, 2.75) is 6.92 Å². The van der Waals surface area contributed by atoms with Gasteiger partial charge in [-0.05, 0) is 37.3 Å². The van der Waals surface area contributed by atoms with Gasteiger partial charge in [-0.3, -0.25) is 29.4 Å². The van der Waals surface area contributed by atoms with Gasteiger partial charge in [0.05, 0.1) is 27.4 Å². The van der Waals surface area contributed by atoms with E-state index in [9.17, 15) is 24.5 Å². The number of anilines is 3. The summed E-state index contributed by atoms with van der Waals surface area (Å²) in [6.45, 7) is 1.47. The average Bonchev–Trinajstić information content (AvgIpc) is 3.01. The molecule has 0 atom stereocenters. The Labute approximate surface area is 182 Å². The summed E-state index contributed by atoms with van der Waals surface area (Å²) in [6, 6.07) is 18.2. The van der Waals surface area contributed by atoms with E-state index in [0.29, 0.717) is 11.4 Å². The van der Waals surface area contributed by atoms with Gasteiger partial charge >= 0.3 is 0 Å². The number of hydrogen-bond donors (Lipinski definition) is 2. The third-order valence-corrected chi connectivity index (χ3v) is 5.00. The van der Waals surface area contributed by atoms with Crippen LogP contribution in [-0.4, -0.2) is 34.1 Å². The molecule has 0 unspecified atom stereocenters. The molecule has 9 heteroatoms. The van der Waals surface area contributed by atoms with Crippen LogP contribution < -0.4 is 10.6 Å². The Hall–Kier alpha value is -4.53. The van der Waals surface area contributed by atoms with E-state index in [-0.39, 0.29) is 16.8 Å². The van der Waals surface area contributed by atoms with E-state index in [4.69, 9.17) is 0 Å². The van der Waals surface area contributed by atoms with Crippen molar-refractivity contribution in [1.82, 2.24) is 4.90 Å². The van der Waals surface area contributed by atoms with Gasteiger partial charge in [-0.1, -0.05) is 29.8 Å². The zero-order valence-electron chi connectivity index (χ0n) is 17.0. The number of aryl methyl sites for hydroxylation is 1. The Kier molecular flexibility index (Phi) is 5.38. The van der Waals surface area contributed by atoms with E-state index in [2.05, 4.69) is 10.6 Å². The number of para-hydroxylation sites is 2. The summed E-state index contributed by atoms with van der Waals surface area (Å²) >= 11 is 0. The highest BCUT2D eigenvalue weighted by Gasteiger charge is 2.37. The summed E-state index contributed by atoms with van der Waals surface area (Å²) in [5.74, 6) is -1.98. The van der Waals surface area contributed by atoms with Gasteiger partial charge in [0.25, 0.3) is 17.5 Å². The molecule has 160 valence electrons. The van der Waals surface area contributed by atoms with Gasteiger partial charge in [-0.25, -0.2) is 0 Å². The zero-order chi connectivity index (χ0) is 22.8. The first-order valence-electron chi connectivity index (χ1n) is 9.70. The molecular weight excluding hydrogens is 412 g/mol. The maximum absolute atomic E-state index is 12.6. The van der Waals surface area contributed by atoms with Crippen LogP contribution in [0.2, 0.25) is 0 Å². The fourth-order valence-corrected chi connectivity index (χ4v) is 3.36. The van der Waals surface area contributed by atoms with Crippen LogP contribution in [0.3, 0.4) is 0 Å². The smallest absolute Gasteiger partial charge is 0.270 e. The maximum Gasteiger partial charge on any atom is 0.270 e. The normalized spacial score (nSPS) is 12.5. The molecule has 9 nitrogen and oxygen atoms in total. The molecule has 0 aliphatic carbocycles. The molecule has 0 bridgehead atoms. The maximum atomic E-state index is 12.6. The van der Waals surface area contributed by atoms with Gasteiger partial charge in [-0.2, -0.15) is 0 Å². The quantitative estimate of drug-likeness (QED) is 0.348. The van der Waals surface area contributed by atoms with Gasteiger partial charge < -0.3 is 10.6 Å². The summed E-state index contributed by atoms with van der Waals surface area (Å²) in [7, 11) is 0. The molecule has 2 N–H and O–H groups in total. The standard InChI is InChI=1S/C23H18N4O5/c1-14-6-8-15(9-7-14)24-19-4-2-3-5-20(19)25-21(28)13-26-22(29)17-11-10-16(27(31)32)12-18(17)23(26)30/h2-12,24H,13H2,1H3,(H,25,28). The summed E-state index contributed by atoms with van der Waals surface area (Å²) in [6.07, 6.45) is 0. The number of carbonyl (C=O) groups excluding carboxylic acids is 3. The number of nitrogens with zero attached hydrogens (tertiary/aromatic N) is 2. The van der Waals surface area contributed by atoms with Crippen LogP contribution >= 0.6 is 0 Å². The Balaban J connectivity index is 1.49. The summed E-state index contributed by atoms with van der Waals surface area (Å²) < 4.78 is 0. The van der Waals surface area contributed by atoms with Crippen LogP contribution in [0.5, 0.6) is 0 Å². The number of amides is 3. The first-order chi connectivity index (χ1) is 15.3. The Morgan fingerprint density at radius 2 is 1.59 bits per heavy atom. The highest BCUT2D eigenvalue weighted by Crippen LogP contribution is 2.28. The van der Waals surface area contributed by atoms with Crippen molar-refractivity contribution in [3.63, 3.8) is 0 Å². The van der Waals surface area contributed by atoms with Crippen molar-refractivity contribution in [2.75, 3.05) is 17.2 Å². The van der Waals surface area contributed by atoms with Gasteiger partial charge in [0.15, 0.2) is 0 Å². The topological polar surface area (TPSA) is 122 Å². The number of rotatable bonds is 6. The molecule has 3 amide bonds. The van der Waals surface area contributed by atoms with Crippen LogP contribution in [0, 0.1) is 17.0 Å². The lowest BCUT2D eigenvalue weighted by atomic mass is 10.1. The number of nitro benzene ring substituents is 1. The number of hydrogen-bond acceptors (Lipinski definition) is 6. The minimum atomic E-state index is -0.741. The molecule has 0 fully saturated rings. The first-order valence-corrected chi connectivity index (χ1v) is 9.70. The van der Waals surface area contributed by atoms with Gasteiger partial charge in [-0.15, -0.1) is 0 Å². The van der Waals surface area contributed by atoms with Crippen molar-refractivity contribution in [3.05, 3.63) is 93.5 Å². The minimum absolute atomic E-state index is 0.0369. The van der Waals surface area contributed by atoms with Crippen molar-refractivity contribution in [2.24, 2.45) is 0 Å². The Morgan fingerprint density at radius 3 is 2.28 bits per heavy atom. The first kappa shape index (κ1) is 20.7. The van der Waals surface area contributed by atoms with E-state index < -0.39 is 29.2 Å². The predicted molar refractivity (Wildman–Crippen MR) is 118 cm³/mol. The number of nitro groups is 1. The second kappa shape index (κ2) is 8.31. The van der Waals surface area contributed by atoms with Crippen LogP contribution in [-0.2, 0) is 4.79 Å². The van der Waals surface area contributed by atoms with Crippen LogP contribution in [0.15, 0.2) is 66.7 Å². The second-order valence-corrected chi connectivity index (χ2v) is 7.27. The number of benzene rings is 3. The van der Waals surface area contributed by atoms with Crippen LogP contribution in [0.1, 0.15) is 26.3 Å². The molecule has 0 saturated carbocycles. The largest absolute Gasteiger partial charge is 0.354 e. The molecule has 1 heterocycles. The molecule has 0 radical (unpaired) electrons. The fourth-order valence-electron chi connectivity index (χ4n) is 3.36. The molecule has 0 aromatic heterocycles. The van der Waals surface area contributed by atoms with E-state index in [0.717, 1.165) is 28.3 Å². The van der Waals surface area contributed by atoms with Gasteiger partial charge in [0.2, 0.25) is 5.91 Å². The van der Waals surface area contributed by atoms with Crippen molar-refractivity contribution in [3.8, 4) is 0 Å². The second-order valence-electron chi connectivity index (χ2n) is 7.27. The molecule has 1 aliphatic rings. The van der Waals surface area contributed by atoms with E-state index >= 15 is 0 Å². The number of carbonyl (C=O) groups is 3. The number of imide groups is 1. The zero-order valence-corrected chi connectivity index (χ0v) is 17.0. The lowest BCUT2D eigenvalue weighted by Crippen LogP contribution is -2.37. The van der Waals surface area contributed by atoms with E-state index in [1.165, 1.54) is 6.07 Å². The Bertz CT molecular complexity index is 1250. The van der Waals surface area contributed by atoms with Gasteiger partial charge in [0.1, 0.15) is 6.54 Å². The number of non-ortho nitro benzene ring substituents is 1. The lowest BCUT2D eigenvalue weighted by Gasteiger charge is -2.16. The highest BCUT2D eigenvalue weighted by atomic mass is 16.6. The predicted octanol–water partition coefficient (Wildman–Crippen LogP) is 3.88. The van der Waals surface area contributed by atoms with Crippen molar-refractivity contribution in [1.29, 1.82) is 0 Å². The minimum Gasteiger partial charge on any atom is -0.354 e. The van der Waals surface area contributed by atoms with Crippen molar-refractivity contribution < 1.29 is 19.3 Å². The molecule has 0 saturated heterocycles. The Morgan fingerprint density at radius 1 is 0.938 bits per heavy atom. The molecule has 32 heavy (non-hydrogen) atoms. The molecule has 4 rings (SSSR count). The van der Waals surface area contributed by atoms with Crippen LogP contribution in [0.25, 0.3) is 0 Å². The fraction of sp³-hybridized carbons (Fsp3) is 0.0870. The molecule has 3 aromatic rings. The third-order valence-electron chi connectivity index (χ3n) is 5.00. The highest BCUT2D eigenvalue weighted by molar-refractivity contribution is 6.23. The summed E-state index contributed by atoms with van der Waals surface area (Å²) in [5.41, 5.74) is 2.72. The molecular formula is C23H18N4O5. The third kappa shape index (κ3) is 4.04. The van der Waals surface area contributed by atoms with Crippen LogP contribution in [0.4, 0.5) is 22.7 Å².